The van der Waals surface area contributed by atoms with Crippen molar-refractivity contribution >= 4 is 17.3 Å². The van der Waals surface area contributed by atoms with Gasteiger partial charge in [-0.25, -0.2) is 0 Å². The van der Waals surface area contributed by atoms with Gasteiger partial charge in [-0.3, -0.25) is 19.8 Å². The third kappa shape index (κ3) is 4.92. The Morgan fingerprint density at radius 1 is 1.21 bits per heavy atom. The number of hydrogen-bond acceptors (Lipinski definition) is 5. The second-order valence-corrected chi connectivity index (χ2v) is 7.21. The topological polar surface area (TPSA) is 75.9 Å². The summed E-state index contributed by atoms with van der Waals surface area (Å²) in [6.45, 7) is 3.99. The lowest BCUT2D eigenvalue weighted by Crippen LogP contribution is -2.47. The molecule has 0 atom stereocenters. The summed E-state index contributed by atoms with van der Waals surface area (Å²) in [5.74, 6) is 0.820. The standard InChI is InChI=1S/C22H27N3O4/c1-3-22(26)24(19-8-6-9-20(15-19)29-2)18-11-13-23(14-12-18)16-17-7-4-5-10-21(17)25(27)28/h4-10,15,18H,3,11-14,16H2,1-2H3. The molecule has 0 saturated carbocycles. The average Bonchev–Trinajstić information content (AvgIpc) is 2.75. The van der Waals surface area contributed by atoms with Crippen LogP contribution in [0.5, 0.6) is 5.75 Å². The van der Waals surface area contributed by atoms with Crippen LogP contribution in [0, 0.1) is 10.1 Å². The normalized spacial score (nSPS) is 15.1. The summed E-state index contributed by atoms with van der Waals surface area (Å²) in [5.41, 5.74) is 1.74. The van der Waals surface area contributed by atoms with Crippen molar-refractivity contribution in [2.45, 2.75) is 38.8 Å². The van der Waals surface area contributed by atoms with Crippen molar-refractivity contribution in [3.05, 3.63) is 64.2 Å². The third-order valence-corrected chi connectivity index (χ3v) is 5.41. The summed E-state index contributed by atoms with van der Waals surface area (Å²) in [7, 11) is 1.62. The van der Waals surface area contributed by atoms with Crippen molar-refractivity contribution in [1.29, 1.82) is 0 Å². The van der Waals surface area contributed by atoms with Crippen LogP contribution in [0.15, 0.2) is 48.5 Å². The molecule has 1 amide bonds. The quantitative estimate of drug-likeness (QED) is 0.521. The van der Waals surface area contributed by atoms with E-state index in [0.717, 1.165) is 42.9 Å². The first-order valence-electron chi connectivity index (χ1n) is 9.94. The maximum absolute atomic E-state index is 12.7. The van der Waals surface area contributed by atoms with Gasteiger partial charge in [0.05, 0.1) is 12.0 Å². The average molecular weight is 397 g/mol. The molecule has 1 aliphatic heterocycles. The Hall–Kier alpha value is -2.93. The van der Waals surface area contributed by atoms with Crippen LogP contribution in [-0.4, -0.2) is 42.0 Å². The van der Waals surface area contributed by atoms with Gasteiger partial charge in [-0.2, -0.15) is 0 Å². The van der Waals surface area contributed by atoms with Gasteiger partial charge in [0.15, 0.2) is 0 Å². The predicted octanol–water partition coefficient (Wildman–Crippen LogP) is 4.01. The van der Waals surface area contributed by atoms with E-state index < -0.39 is 0 Å². The number of carbonyl (C=O) groups excluding carboxylic acids is 1. The number of piperidine rings is 1. The van der Waals surface area contributed by atoms with Crippen LogP contribution in [0.4, 0.5) is 11.4 Å². The summed E-state index contributed by atoms with van der Waals surface area (Å²) in [5, 5.41) is 11.3. The molecule has 7 nitrogen and oxygen atoms in total. The van der Waals surface area contributed by atoms with Crippen molar-refractivity contribution < 1.29 is 14.5 Å². The van der Waals surface area contributed by atoms with Crippen molar-refractivity contribution in [3.63, 3.8) is 0 Å². The molecule has 0 aliphatic carbocycles. The molecule has 0 bridgehead atoms. The number of nitro groups is 1. The molecule has 1 heterocycles. The van der Waals surface area contributed by atoms with E-state index in [1.807, 2.05) is 48.2 Å². The molecule has 3 rings (SSSR count). The van der Waals surface area contributed by atoms with E-state index in [4.69, 9.17) is 4.74 Å². The first-order valence-corrected chi connectivity index (χ1v) is 9.94. The van der Waals surface area contributed by atoms with E-state index in [1.165, 1.54) is 0 Å². The summed E-state index contributed by atoms with van der Waals surface area (Å²) in [6, 6.07) is 14.6. The monoisotopic (exact) mass is 397 g/mol. The number of methoxy groups -OCH3 is 1. The van der Waals surface area contributed by atoms with Crippen LogP contribution in [-0.2, 0) is 11.3 Å². The molecule has 0 N–H and O–H groups in total. The second-order valence-electron chi connectivity index (χ2n) is 7.21. The van der Waals surface area contributed by atoms with Crippen LogP contribution >= 0.6 is 0 Å². The molecule has 0 aromatic heterocycles. The Kier molecular flexibility index (Phi) is 6.82. The lowest BCUT2D eigenvalue weighted by atomic mass is 10.0. The fourth-order valence-corrected chi connectivity index (χ4v) is 3.89. The Morgan fingerprint density at radius 2 is 1.93 bits per heavy atom. The largest absolute Gasteiger partial charge is 0.497 e. The van der Waals surface area contributed by atoms with E-state index in [1.54, 1.807) is 19.2 Å². The summed E-state index contributed by atoms with van der Waals surface area (Å²) in [4.78, 5) is 27.7. The number of nitro benzene ring substituents is 1. The Labute approximate surface area is 171 Å². The molecule has 1 saturated heterocycles. The highest BCUT2D eigenvalue weighted by atomic mass is 16.6. The van der Waals surface area contributed by atoms with E-state index in [2.05, 4.69) is 4.90 Å². The molecule has 29 heavy (non-hydrogen) atoms. The molecule has 0 radical (unpaired) electrons. The van der Waals surface area contributed by atoms with Crippen LogP contribution in [0.1, 0.15) is 31.7 Å². The highest BCUT2D eigenvalue weighted by Gasteiger charge is 2.29. The molecule has 7 heteroatoms. The molecular weight excluding hydrogens is 370 g/mol. The van der Waals surface area contributed by atoms with Crippen molar-refractivity contribution in [1.82, 2.24) is 4.90 Å². The highest BCUT2D eigenvalue weighted by Crippen LogP contribution is 2.29. The van der Waals surface area contributed by atoms with Gasteiger partial charge >= 0.3 is 0 Å². The van der Waals surface area contributed by atoms with Gasteiger partial charge in [0.25, 0.3) is 5.69 Å². The molecule has 0 unspecified atom stereocenters. The van der Waals surface area contributed by atoms with Gasteiger partial charge in [0.1, 0.15) is 5.75 Å². The number of carbonyl (C=O) groups is 1. The number of hydrogen-bond donors (Lipinski definition) is 0. The van der Waals surface area contributed by atoms with Crippen LogP contribution < -0.4 is 9.64 Å². The molecule has 1 fully saturated rings. The molecule has 2 aromatic carbocycles. The van der Waals surface area contributed by atoms with Crippen molar-refractivity contribution in [2.75, 3.05) is 25.1 Å². The number of anilines is 1. The Bertz CT molecular complexity index is 863. The summed E-state index contributed by atoms with van der Waals surface area (Å²) in [6.07, 6.45) is 2.08. The lowest BCUT2D eigenvalue weighted by molar-refractivity contribution is -0.385. The minimum absolute atomic E-state index is 0.0930. The van der Waals surface area contributed by atoms with Gasteiger partial charge in [-0.05, 0) is 25.0 Å². The maximum Gasteiger partial charge on any atom is 0.273 e. The Morgan fingerprint density at radius 3 is 2.59 bits per heavy atom. The Balaban J connectivity index is 1.70. The van der Waals surface area contributed by atoms with E-state index in [0.29, 0.717) is 13.0 Å². The summed E-state index contributed by atoms with van der Waals surface area (Å²) < 4.78 is 5.32. The fraction of sp³-hybridized carbons (Fsp3) is 0.409. The second kappa shape index (κ2) is 9.52. The lowest BCUT2D eigenvalue weighted by Gasteiger charge is -2.38. The zero-order valence-corrected chi connectivity index (χ0v) is 16.9. The molecule has 2 aromatic rings. The molecule has 0 spiro atoms. The number of likely N-dealkylation sites (tertiary alicyclic amines) is 1. The predicted molar refractivity (Wildman–Crippen MR) is 112 cm³/mol. The zero-order chi connectivity index (χ0) is 20.8. The minimum atomic E-state index is -0.327. The third-order valence-electron chi connectivity index (χ3n) is 5.41. The van der Waals surface area contributed by atoms with E-state index in [-0.39, 0.29) is 22.6 Å². The fourth-order valence-electron chi connectivity index (χ4n) is 3.89. The molecule has 1 aliphatic rings. The smallest absolute Gasteiger partial charge is 0.273 e. The number of rotatable bonds is 7. The first-order chi connectivity index (χ1) is 14.0. The number of benzene rings is 2. The van der Waals surface area contributed by atoms with Crippen LogP contribution in [0.2, 0.25) is 0 Å². The van der Waals surface area contributed by atoms with Crippen LogP contribution in [0.25, 0.3) is 0 Å². The van der Waals surface area contributed by atoms with Crippen molar-refractivity contribution in [2.24, 2.45) is 0 Å². The van der Waals surface area contributed by atoms with Crippen molar-refractivity contribution in [3.8, 4) is 5.75 Å². The maximum atomic E-state index is 12.7. The zero-order valence-electron chi connectivity index (χ0n) is 16.9. The highest BCUT2D eigenvalue weighted by molar-refractivity contribution is 5.94. The first kappa shape index (κ1) is 20.8. The van der Waals surface area contributed by atoms with Gasteiger partial charge in [0.2, 0.25) is 5.91 Å². The number of para-hydroxylation sites is 1. The number of ether oxygens (including phenoxy) is 1. The number of amides is 1. The van der Waals surface area contributed by atoms with E-state index in [9.17, 15) is 14.9 Å². The van der Waals surface area contributed by atoms with E-state index >= 15 is 0 Å². The number of nitrogens with zero attached hydrogens (tertiary/aromatic N) is 3. The molecular formula is C22H27N3O4. The minimum Gasteiger partial charge on any atom is -0.497 e. The van der Waals surface area contributed by atoms with Gasteiger partial charge in [-0.15, -0.1) is 0 Å². The van der Waals surface area contributed by atoms with Crippen LogP contribution in [0.3, 0.4) is 0 Å². The van der Waals surface area contributed by atoms with Gasteiger partial charge in [0, 0.05) is 55.5 Å². The van der Waals surface area contributed by atoms with Gasteiger partial charge in [-0.1, -0.05) is 31.2 Å². The van der Waals surface area contributed by atoms with Gasteiger partial charge < -0.3 is 9.64 Å². The SMILES string of the molecule is CCC(=O)N(c1cccc(OC)c1)C1CCN(Cc2ccccc2[N+](=O)[O-])CC1. The molecule has 154 valence electrons. The summed E-state index contributed by atoms with van der Waals surface area (Å²) >= 11 is 0.